The average Bonchev–Trinajstić information content (AvgIpc) is 2.85. The van der Waals surface area contributed by atoms with Crippen LogP contribution in [-0.4, -0.2) is 16.1 Å². The normalized spacial score (nSPS) is 10.2. The Morgan fingerprint density at radius 1 is 1.53 bits per heavy atom. The highest BCUT2D eigenvalue weighted by atomic mass is 16.1. The SMILES string of the molecule is Cc1ccc(CN)cc1NC(=O)c1cn[nH]c1. The largest absolute Gasteiger partial charge is 0.326 e. The summed E-state index contributed by atoms with van der Waals surface area (Å²) in [7, 11) is 0. The molecule has 1 amide bonds. The van der Waals surface area contributed by atoms with E-state index in [9.17, 15) is 4.79 Å². The minimum absolute atomic E-state index is 0.184. The van der Waals surface area contributed by atoms with Gasteiger partial charge in [0.25, 0.3) is 5.91 Å². The monoisotopic (exact) mass is 230 g/mol. The number of carbonyl (C=O) groups excluding carboxylic acids is 1. The van der Waals surface area contributed by atoms with Crippen LogP contribution >= 0.6 is 0 Å². The fourth-order valence-electron chi connectivity index (χ4n) is 1.50. The number of rotatable bonds is 3. The van der Waals surface area contributed by atoms with Crippen LogP contribution in [0.25, 0.3) is 0 Å². The van der Waals surface area contributed by atoms with Crippen LogP contribution in [0.5, 0.6) is 0 Å². The van der Waals surface area contributed by atoms with Crippen molar-refractivity contribution in [3.63, 3.8) is 0 Å². The quantitative estimate of drug-likeness (QED) is 0.745. The number of aryl methyl sites for hydroxylation is 1. The Labute approximate surface area is 99.0 Å². The Hall–Kier alpha value is -2.14. The molecule has 88 valence electrons. The number of H-pyrrole nitrogens is 1. The molecule has 0 spiro atoms. The molecule has 2 rings (SSSR count). The highest BCUT2D eigenvalue weighted by Gasteiger charge is 2.08. The number of amides is 1. The van der Waals surface area contributed by atoms with Crippen molar-refractivity contribution in [2.45, 2.75) is 13.5 Å². The number of nitrogens with zero attached hydrogens (tertiary/aromatic N) is 1. The van der Waals surface area contributed by atoms with Crippen molar-refractivity contribution in [3.05, 3.63) is 47.3 Å². The number of anilines is 1. The van der Waals surface area contributed by atoms with Crippen molar-refractivity contribution < 1.29 is 4.79 Å². The summed E-state index contributed by atoms with van der Waals surface area (Å²) in [6, 6.07) is 5.77. The first kappa shape index (κ1) is 11.3. The highest BCUT2D eigenvalue weighted by molar-refractivity contribution is 6.04. The lowest BCUT2D eigenvalue weighted by Crippen LogP contribution is -2.12. The fraction of sp³-hybridized carbons (Fsp3) is 0.167. The van der Waals surface area contributed by atoms with E-state index in [2.05, 4.69) is 15.5 Å². The summed E-state index contributed by atoms with van der Waals surface area (Å²) >= 11 is 0. The summed E-state index contributed by atoms with van der Waals surface area (Å²) < 4.78 is 0. The molecule has 0 atom stereocenters. The molecular formula is C12H14N4O. The zero-order chi connectivity index (χ0) is 12.3. The second-order valence-electron chi connectivity index (χ2n) is 3.79. The molecule has 17 heavy (non-hydrogen) atoms. The first-order chi connectivity index (χ1) is 8.20. The van der Waals surface area contributed by atoms with Gasteiger partial charge in [0.15, 0.2) is 0 Å². The molecule has 0 aliphatic carbocycles. The molecule has 2 aromatic rings. The van der Waals surface area contributed by atoms with Crippen LogP contribution in [0.1, 0.15) is 21.5 Å². The van der Waals surface area contributed by atoms with Crippen molar-refractivity contribution in [3.8, 4) is 0 Å². The van der Waals surface area contributed by atoms with Crippen molar-refractivity contribution >= 4 is 11.6 Å². The zero-order valence-corrected chi connectivity index (χ0v) is 9.53. The van der Waals surface area contributed by atoms with E-state index in [0.717, 1.165) is 16.8 Å². The number of nitrogens with two attached hydrogens (primary N) is 1. The Balaban J connectivity index is 2.21. The molecule has 5 nitrogen and oxygen atoms in total. The van der Waals surface area contributed by atoms with Gasteiger partial charge < -0.3 is 11.1 Å². The lowest BCUT2D eigenvalue weighted by atomic mass is 10.1. The van der Waals surface area contributed by atoms with Gasteiger partial charge in [0, 0.05) is 18.4 Å². The Kier molecular flexibility index (Phi) is 3.20. The summed E-state index contributed by atoms with van der Waals surface area (Å²) in [6.07, 6.45) is 3.04. The number of nitrogens with one attached hydrogen (secondary N) is 2. The van der Waals surface area contributed by atoms with Gasteiger partial charge in [-0.3, -0.25) is 9.89 Å². The van der Waals surface area contributed by atoms with Gasteiger partial charge in [-0.2, -0.15) is 5.10 Å². The molecule has 0 saturated heterocycles. The Morgan fingerprint density at radius 3 is 3.00 bits per heavy atom. The summed E-state index contributed by atoms with van der Waals surface area (Å²) in [5, 5.41) is 9.17. The predicted molar refractivity (Wildman–Crippen MR) is 65.6 cm³/mol. The van der Waals surface area contributed by atoms with Gasteiger partial charge in [-0.25, -0.2) is 0 Å². The van der Waals surface area contributed by atoms with E-state index >= 15 is 0 Å². The number of hydrogen-bond acceptors (Lipinski definition) is 3. The number of hydrogen-bond donors (Lipinski definition) is 3. The molecule has 0 aliphatic heterocycles. The smallest absolute Gasteiger partial charge is 0.258 e. The molecule has 0 saturated carbocycles. The summed E-state index contributed by atoms with van der Waals surface area (Å²) in [5.74, 6) is -0.184. The van der Waals surface area contributed by atoms with E-state index in [1.54, 1.807) is 6.20 Å². The Bertz CT molecular complexity index is 519. The third-order valence-corrected chi connectivity index (χ3v) is 2.55. The number of benzene rings is 1. The third-order valence-electron chi connectivity index (χ3n) is 2.55. The third kappa shape index (κ3) is 2.51. The number of aromatic amines is 1. The molecule has 0 aliphatic rings. The van der Waals surface area contributed by atoms with Crippen LogP contribution in [0.3, 0.4) is 0 Å². The van der Waals surface area contributed by atoms with Crippen LogP contribution in [0.4, 0.5) is 5.69 Å². The maximum atomic E-state index is 11.8. The maximum Gasteiger partial charge on any atom is 0.258 e. The van der Waals surface area contributed by atoms with Crippen molar-refractivity contribution in [1.29, 1.82) is 0 Å². The molecule has 1 heterocycles. The molecule has 0 bridgehead atoms. The zero-order valence-electron chi connectivity index (χ0n) is 9.53. The fourth-order valence-corrected chi connectivity index (χ4v) is 1.50. The molecule has 0 unspecified atom stereocenters. The summed E-state index contributed by atoms with van der Waals surface area (Å²) in [5.41, 5.74) is 8.83. The number of carbonyl (C=O) groups is 1. The standard InChI is InChI=1S/C12H14N4O/c1-8-2-3-9(5-13)4-11(8)16-12(17)10-6-14-15-7-10/h2-4,6-7H,5,13H2,1H3,(H,14,15)(H,16,17). The second-order valence-corrected chi connectivity index (χ2v) is 3.79. The van der Waals surface area contributed by atoms with E-state index in [0.29, 0.717) is 12.1 Å². The molecule has 1 aromatic heterocycles. The first-order valence-corrected chi connectivity index (χ1v) is 5.30. The molecule has 0 radical (unpaired) electrons. The first-order valence-electron chi connectivity index (χ1n) is 5.30. The van der Waals surface area contributed by atoms with Crippen molar-refractivity contribution in [1.82, 2.24) is 10.2 Å². The molecule has 0 fully saturated rings. The predicted octanol–water partition coefficient (Wildman–Crippen LogP) is 1.43. The molecule has 1 aromatic carbocycles. The van der Waals surface area contributed by atoms with Gasteiger partial charge >= 0.3 is 0 Å². The minimum atomic E-state index is -0.184. The number of aromatic nitrogens is 2. The average molecular weight is 230 g/mol. The second kappa shape index (κ2) is 4.80. The summed E-state index contributed by atoms with van der Waals surface area (Å²) in [4.78, 5) is 11.8. The molecule has 5 heteroatoms. The van der Waals surface area contributed by atoms with Crippen LogP contribution in [0.15, 0.2) is 30.6 Å². The van der Waals surface area contributed by atoms with E-state index in [-0.39, 0.29) is 5.91 Å². The highest BCUT2D eigenvalue weighted by Crippen LogP contribution is 2.17. The molecular weight excluding hydrogens is 216 g/mol. The van der Waals surface area contributed by atoms with E-state index in [1.165, 1.54) is 6.20 Å². The van der Waals surface area contributed by atoms with Crippen LogP contribution in [-0.2, 0) is 6.54 Å². The lowest BCUT2D eigenvalue weighted by Gasteiger charge is -2.09. The lowest BCUT2D eigenvalue weighted by molar-refractivity contribution is 0.102. The van der Waals surface area contributed by atoms with Crippen LogP contribution in [0, 0.1) is 6.92 Å². The van der Waals surface area contributed by atoms with Gasteiger partial charge in [0.05, 0.1) is 11.8 Å². The van der Waals surface area contributed by atoms with Crippen molar-refractivity contribution in [2.24, 2.45) is 5.73 Å². The topological polar surface area (TPSA) is 83.8 Å². The van der Waals surface area contributed by atoms with E-state index in [4.69, 9.17) is 5.73 Å². The van der Waals surface area contributed by atoms with Crippen LogP contribution in [0.2, 0.25) is 0 Å². The van der Waals surface area contributed by atoms with Gasteiger partial charge in [0.2, 0.25) is 0 Å². The molecule has 4 N–H and O–H groups in total. The van der Waals surface area contributed by atoms with Gasteiger partial charge in [-0.05, 0) is 24.1 Å². The van der Waals surface area contributed by atoms with Crippen LogP contribution < -0.4 is 11.1 Å². The minimum Gasteiger partial charge on any atom is -0.326 e. The van der Waals surface area contributed by atoms with Crippen molar-refractivity contribution in [2.75, 3.05) is 5.32 Å². The Morgan fingerprint density at radius 2 is 2.35 bits per heavy atom. The van der Waals surface area contributed by atoms with E-state index < -0.39 is 0 Å². The summed E-state index contributed by atoms with van der Waals surface area (Å²) in [6.45, 7) is 2.39. The van der Waals surface area contributed by atoms with Gasteiger partial charge in [-0.1, -0.05) is 12.1 Å². The maximum absolute atomic E-state index is 11.8. The van der Waals surface area contributed by atoms with Gasteiger partial charge in [0.1, 0.15) is 0 Å². The van der Waals surface area contributed by atoms with Gasteiger partial charge in [-0.15, -0.1) is 0 Å². The van der Waals surface area contributed by atoms with E-state index in [1.807, 2.05) is 25.1 Å².